The summed E-state index contributed by atoms with van der Waals surface area (Å²) in [6.07, 6.45) is 1.43. The zero-order valence-corrected chi connectivity index (χ0v) is 6.97. The number of hydrogen-bond acceptors (Lipinski definition) is 5. The zero-order chi connectivity index (χ0) is 9.14. The molecule has 12 heavy (non-hydrogen) atoms. The minimum atomic E-state index is 0.0473. The number of nitrogens with zero attached hydrogens (tertiary/aromatic N) is 2. The van der Waals surface area contributed by atoms with Gasteiger partial charge in [0.05, 0.1) is 0 Å². The van der Waals surface area contributed by atoms with Crippen molar-refractivity contribution in [3.8, 4) is 0 Å². The van der Waals surface area contributed by atoms with E-state index in [2.05, 4.69) is 21.9 Å². The van der Waals surface area contributed by atoms with Gasteiger partial charge in [0.1, 0.15) is 5.69 Å². The maximum absolute atomic E-state index is 5.53. The van der Waals surface area contributed by atoms with Gasteiger partial charge in [-0.25, -0.2) is 0 Å². The van der Waals surface area contributed by atoms with Crippen LogP contribution in [0.5, 0.6) is 0 Å². The second kappa shape index (κ2) is 3.27. The van der Waals surface area contributed by atoms with Gasteiger partial charge >= 0.3 is 0 Å². The highest BCUT2D eigenvalue weighted by Gasteiger charge is 2.05. The second-order valence-corrected chi connectivity index (χ2v) is 2.33. The fourth-order valence-electron chi connectivity index (χ4n) is 0.665. The van der Waals surface area contributed by atoms with Gasteiger partial charge in [0.2, 0.25) is 5.28 Å². The first kappa shape index (κ1) is 8.61. The SMILES string of the molecule is C=CNc1nc(Cl)nc(N)c1N. The number of nitrogens with one attached hydrogen (secondary N) is 1. The minimum Gasteiger partial charge on any atom is -0.393 e. The van der Waals surface area contributed by atoms with Gasteiger partial charge < -0.3 is 16.8 Å². The van der Waals surface area contributed by atoms with Crippen molar-refractivity contribution in [2.75, 3.05) is 16.8 Å². The molecular weight excluding hydrogens is 178 g/mol. The molecule has 5 nitrogen and oxygen atoms in total. The summed E-state index contributed by atoms with van der Waals surface area (Å²) in [5, 5.41) is 2.73. The lowest BCUT2D eigenvalue weighted by atomic mass is 10.4. The molecule has 0 aliphatic carbocycles. The van der Waals surface area contributed by atoms with Crippen LogP contribution in [0.25, 0.3) is 0 Å². The molecule has 0 bridgehead atoms. The molecule has 1 aromatic rings. The summed E-state index contributed by atoms with van der Waals surface area (Å²) in [5.41, 5.74) is 11.2. The van der Waals surface area contributed by atoms with Gasteiger partial charge in [-0.15, -0.1) is 0 Å². The lowest BCUT2D eigenvalue weighted by molar-refractivity contribution is 1.18. The van der Waals surface area contributed by atoms with Crippen molar-refractivity contribution in [2.24, 2.45) is 0 Å². The van der Waals surface area contributed by atoms with Crippen molar-refractivity contribution in [1.82, 2.24) is 9.97 Å². The Labute approximate surface area is 74.4 Å². The Morgan fingerprint density at radius 1 is 1.42 bits per heavy atom. The van der Waals surface area contributed by atoms with Gasteiger partial charge in [-0.2, -0.15) is 9.97 Å². The van der Waals surface area contributed by atoms with Crippen LogP contribution in [0.4, 0.5) is 17.3 Å². The van der Waals surface area contributed by atoms with Crippen molar-refractivity contribution >= 4 is 28.9 Å². The third-order valence-electron chi connectivity index (χ3n) is 1.19. The Hall–Kier alpha value is -1.49. The van der Waals surface area contributed by atoms with Crippen LogP contribution >= 0.6 is 11.6 Å². The van der Waals surface area contributed by atoms with Gasteiger partial charge in [0, 0.05) is 0 Å². The lowest BCUT2D eigenvalue weighted by Gasteiger charge is -2.05. The van der Waals surface area contributed by atoms with Crippen LogP contribution in [-0.4, -0.2) is 9.97 Å². The van der Waals surface area contributed by atoms with Crippen LogP contribution in [0.2, 0.25) is 5.28 Å². The van der Waals surface area contributed by atoms with E-state index in [1.54, 1.807) is 0 Å². The first-order valence-corrected chi connectivity index (χ1v) is 3.49. The predicted octanol–water partition coefficient (Wildman–Crippen LogP) is 0.850. The number of nitrogens with two attached hydrogens (primary N) is 2. The fourth-order valence-corrected chi connectivity index (χ4v) is 0.841. The Bertz CT molecular complexity index is 311. The van der Waals surface area contributed by atoms with Gasteiger partial charge in [0.15, 0.2) is 11.6 Å². The van der Waals surface area contributed by atoms with Crippen molar-refractivity contribution in [1.29, 1.82) is 0 Å². The molecule has 0 aliphatic heterocycles. The lowest BCUT2D eigenvalue weighted by Crippen LogP contribution is -2.04. The van der Waals surface area contributed by atoms with E-state index >= 15 is 0 Å². The van der Waals surface area contributed by atoms with E-state index in [1.807, 2.05) is 0 Å². The Kier molecular flexibility index (Phi) is 2.35. The molecule has 1 rings (SSSR count). The van der Waals surface area contributed by atoms with Crippen molar-refractivity contribution in [3.63, 3.8) is 0 Å². The quantitative estimate of drug-likeness (QED) is 0.595. The highest BCUT2D eigenvalue weighted by molar-refractivity contribution is 6.28. The molecule has 0 spiro atoms. The van der Waals surface area contributed by atoms with Crippen LogP contribution < -0.4 is 16.8 Å². The highest BCUT2D eigenvalue weighted by Crippen LogP contribution is 2.22. The molecule has 0 fully saturated rings. The third kappa shape index (κ3) is 1.57. The zero-order valence-electron chi connectivity index (χ0n) is 6.21. The fraction of sp³-hybridized carbons (Fsp3) is 0. The van der Waals surface area contributed by atoms with E-state index in [0.717, 1.165) is 0 Å². The Balaban J connectivity index is 3.17. The van der Waals surface area contributed by atoms with Crippen LogP contribution in [0.15, 0.2) is 12.8 Å². The molecule has 0 radical (unpaired) electrons. The van der Waals surface area contributed by atoms with E-state index in [1.165, 1.54) is 6.20 Å². The van der Waals surface area contributed by atoms with E-state index in [-0.39, 0.29) is 16.8 Å². The van der Waals surface area contributed by atoms with Gasteiger partial charge in [0.25, 0.3) is 0 Å². The number of halogens is 1. The smallest absolute Gasteiger partial charge is 0.226 e. The molecule has 1 aromatic heterocycles. The van der Waals surface area contributed by atoms with Crippen LogP contribution in [0.1, 0.15) is 0 Å². The normalized spacial score (nSPS) is 9.42. The monoisotopic (exact) mass is 185 g/mol. The number of aromatic nitrogens is 2. The largest absolute Gasteiger partial charge is 0.393 e. The van der Waals surface area contributed by atoms with Crippen molar-refractivity contribution < 1.29 is 0 Å². The van der Waals surface area contributed by atoms with E-state index in [9.17, 15) is 0 Å². The molecule has 6 heteroatoms. The molecule has 0 amide bonds. The summed E-state index contributed by atoms with van der Waals surface area (Å²) in [7, 11) is 0. The molecule has 0 saturated heterocycles. The molecule has 1 heterocycles. The number of nitrogen functional groups attached to an aromatic ring is 2. The Morgan fingerprint density at radius 3 is 2.67 bits per heavy atom. The van der Waals surface area contributed by atoms with Crippen molar-refractivity contribution in [3.05, 3.63) is 18.1 Å². The third-order valence-corrected chi connectivity index (χ3v) is 1.36. The number of rotatable bonds is 2. The maximum atomic E-state index is 5.53. The first-order chi connectivity index (χ1) is 5.65. The van der Waals surface area contributed by atoms with E-state index in [0.29, 0.717) is 5.82 Å². The average molecular weight is 186 g/mol. The van der Waals surface area contributed by atoms with Gasteiger partial charge in [-0.3, -0.25) is 0 Å². The van der Waals surface area contributed by atoms with Crippen molar-refractivity contribution in [2.45, 2.75) is 0 Å². The highest BCUT2D eigenvalue weighted by atomic mass is 35.5. The second-order valence-electron chi connectivity index (χ2n) is 1.99. The summed E-state index contributed by atoms with van der Waals surface area (Å²) in [6.45, 7) is 3.45. The average Bonchev–Trinajstić information content (AvgIpc) is 2.00. The molecule has 0 atom stereocenters. The summed E-state index contributed by atoms with van der Waals surface area (Å²) < 4.78 is 0. The molecule has 0 aromatic carbocycles. The standard InChI is InChI=1S/C6H8ClN5/c1-2-10-5-3(8)4(9)11-6(7)12-5/h2H,1,8H2,(H3,9,10,11,12). The molecular formula is C6H8ClN5. The van der Waals surface area contributed by atoms with Crippen LogP contribution in [0.3, 0.4) is 0 Å². The minimum absolute atomic E-state index is 0.0473. The van der Waals surface area contributed by atoms with Gasteiger partial charge in [-0.1, -0.05) is 6.58 Å². The number of hydrogen-bond donors (Lipinski definition) is 3. The number of anilines is 3. The van der Waals surface area contributed by atoms with Crippen LogP contribution in [-0.2, 0) is 0 Å². The molecule has 5 N–H and O–H groups in total. The summed E-state index contributed by atoms with van der Waals surface area (Å²) >= 11 is 5.53. The van der Waals surface area contributed by atoms with E-state index < -0.39 is 0 Å². The van der Waals surface area contributed by atoms with E-state index in [4.69, 9.17) is 23.1 Å². The molecule has 0 saturated carbocycles. The van der Waals surface area contributed by atoms with Crippen LogP contribution in [0, 0.1) is 0 Å². The first-order valence-electron chi connectivity index (χ1n) is 3.11. The molecule has 0 aliphatic rings. The molecule has 0 unspecified atom stereocenters. The summed E-state index contributed by atoms with van der Waals surface area (Å²) in [6, 6.07) is 0. The topological polar surface area (TPSA) is 89.8 Å². The maximum Gasteiger partial charge on any atom is 0.226 e. The molecule has 64 valence electrons. The van der Waals surface area contributed by atoms with Gasteiger partial charge in [-0.05, 0) is 17.8 Å². The summed E-state index contributed by atoms with van der Waals surface area (Å²) in [5.74, 6) is 0.516. The summed E-state index contributed by atoms with van der Waals surface area (Å²) in [4.78, 5) is 7.44. The predicted molar refractivity (Wildman–Crippen MR) is 49.7 cm³/mol. The Morgan fingerprint density at radius 2 is 2.08 bits per heavy atom.